The van der Waals surface area contributed by atoms with Crippen molar-refractivity contribution in [2.75, 3.05) is 5.32 Å². The van der Waals surface area contributed by atoms with Crippen molar-refractivity contribution >= 4 is 34.8 Å². The highest BCUT2D eigenvalue weighted by molar-refractivity contribution is 6.32. The highest BCUT2D eigenvalue weighted by atomic mass is 35.5. The zero-order valence-corrected chi connectivity index (χ0v) is 12.8. The van der Waals surface area contributed by atoms with Gasteiger partial charge in [-0.3, -0.25) is 9.48 Å². The number of hydrogen-bond donors (Lipinski definition) is 1. The monoisotopic (exact) mass is 349 g/mol. The minimum absolute atomic E-state index is 0.0311. The van der Waals surface area contributed by atoms with Gasteiger partial charge in [-0.25, -0.2) is 0 Å². The molecule has 0 atom stereocenters. The van der Waals surface area contributed by atoms with Gasteiger partial charge in [0.25, 0.3) is 0 Å². The van der Waals surface area contributed by atoms with Gasteiger partial charge in [0, 0.05) is 5.69 Å². The topological polar surface area (TPSA) is 56.2 Å². The molecule has 0 bridgehead atoms. The maximum atomic E-state index is 12.1. The Morgan fingerprint density at radius 1 is 1.41 bits per heavy atom. The molecule has 2 rings (SSSR count). The molecule has 0 fully saturated rings. The van der Waals surface area contributed by atoms with Crippen molar-refractivity contribution in [2.45, 2.75) is 20.1 Å². The highest BCUT2D eigenvalue weighted by Gasteiger charge is 2.12. The van der Waals surface area contributed by atoms with E-state index in [9.17, 15) is 13.6 Å². The molecule has 1 aromatic carbocycles. The van der Waals surface area contributed by atoms with Gasteiger partial charge < -0.3 is 10.1 Å². The first kappa shape index (κ1) is 16.5. The van der Waals surface area contributed by atoms with E-state index in [1.807, 2.05) is 0 Å². The molecule has 0 saturated heterocycles. The molecule has 0 spiro atoms. The predicted molar refractivity (Wildman–Crippen MR) is 78.7 cm³/mol. The lowest BCUT2D eigenvalue weighted by Gasteiger charge is -2.10. The Hall–Kier alpha value is -1.86. The maximum absolute atomic E-state index is 12.1. The number of carbonyl (C=O) groups is 1. The van der Waals surface area contributed by atoms with Gasteiger partial charge in [-0.2, -0.15) is 13.9 Å². The number of rotatable bonds is 5. The van der Waals surface area contributed by atoms with Crippen LogP contribution in [0.2, 0.25) is 10.0 Å². The fourth-order valence-electron chi connectivity index (χ4n) is 1.69. The molecular formula is C13H11Cl2F2N3O2. The van der Waals surface area contributed by atoms with Crippen molar-refractivity contribution in [1.82, 2.24) is 9.78 Å². The van der Waals surface area contributed by atoms with Crippen LogP contribution in [0.3, 0.4) is 0 Å². The molecule has 0 saturated carbocycles. The molecule has 22 heavy (non-hydrogen) atoms. The molecule has 2 aromatic rings. The third-order valence-electron chi connectivity index (χ3n) is 2.77. The van der Waals surface area contributed by atoms with E-state index in [0.717, 1.165) is 0 Å². The lowest BCUT2D eigenvalue weighted by Crippen LogP contribution is -2.20. The SMILES string of the molecule is Cc1c(Cl)cnn1CC(=O)Nc1ccc(OC(F)F)c(Cl)c1. The summed E-state index contributed by atoms with van der Waals surface area (Å²) in [5.74, 6) is -0.522. The van der Waals surface area contributed by atoms with Gasteiger partial charge in [0.2, 0.25) is 5.91 Å². The second-order valence-electron chi connectivity index (χ2n) is 4.31. The average Bonchev–Trinajstić information content (AvgIpc) is 2.73. The number of ether oxygens (including phenoxy) is 1. The van der Waals surface area contributed by atoms with Crippen LogP contribution >= 0.6 is 23.2 Å². The normalized spacial score (nSPS) is 10.8. The van der Waals surface area contributed by atoms with Crippen molar-refractivity contribution in [2.24, 2.45) is 0 Å². The summed E-state index contributed by atoms with van der Waals surface area (Å²) in [6.07, 6.45) is 1.44. The summed E-state index contributed by atoms with van der Waals surface area (Å²) in [5, 5.41) is 6.96. The van der Waals surface area contributed by atoms with E-state index < -0.39 is 6.61 Å². The average molecular weight is 350 g/mol. The van der Waals surface area contributed by atoms with Crippen LogP contribution in [-0.4, -0.2) is 22.3 Å². The second kappa shape index (κ2) is 6.93. The van der Waals surface area contributed by atoms with Crippen molar-refractivity contribution in [3.8, 4) is 5.75 Å². The minimum Gasteiger partial charge on any atom is -0.433 e. The number of anilines is 1. The molecule has 1 N–H and O–H groups in total. The zero-order valence-electron chi connectivity index (χ0n) is 11.3. The summed E-state index contributed by atoms with van der Waals surface area (Å²) < 4.78 is 29.9. The number of nitrogens with zero attached hydrogens (tertiary/aromatic N) is 2. The fourth-order valence-corrected chi connectivity index (χ4v) is 2.06. The Bertz CT molecular complexity index is 692. The number of alkyl halides is 2. The van der Waals surface area contributed by atoms with Gasteiger partial charge in [0.1, 0.15) is 12.3 Å². The van der Waals surface area contributed by atoms with Gasteiger partial charge in [-0.15, -0.1) is 0 Å². The van der Waals surface area contributed by atoms with Crippen molar-refractivity contribution in [3.63, 3.8) is 0 Å². The Balaban J connectivity index is 2.02. The third-order valence-corrected chi connectivity index (χ3v) is 3.43. The van der Waals surface area contributed by atoms with Crippen molar-refractivity contribution in [1.29, 1.82) is 0 Å². The first-order valence-electron chi connectivity index (χ1n) is 6.09. The first-order chi connectivity index (χ1) is 10.4. The quantitative estimate of drug-likeness (QED) is 0.894. The number of aromatic nitrogens is 2. The summed E-state index contributed by atoms with van der Waals surface area (Å²) >= 11 is 11.6. The largest absolute Gasteiger partial charge is 0.433 e. The van der Waals surface area contributed by atoms with Crippen molar-refractivity contribution < 1.29 is 18.3 Å². The van der Waals surface area contributed by atoms with Gasteiger partial charge >= 0.3 is 6.61 Å². The van der Waals surface area contributed by atoms with Crippen LogP contribution in [0.15, 0.2) is 24.4 Å². The molecule has 9 heteroatoms. The van der Waals surface area contributed by atoms with Gasteiger partial charge in [0.05, 0.1) is 21.9 Å². The van der Waals surface area contributed by atoms with E-state index in [-0.39, 0.29) is 23.2 Å². The number of carbonyl (C=O) groups excluding carboxylic acids is 1. The molecule has 0 aliphatic rings. The number of benzene rings is 1. The fraction of sp³-hybridized carbons (Fsp3) is 0.231. The molecule has 118 valence electrons. The number of hydrogen-bond acceptors (Lipinski definition) is 3. The van der Waals surface area contributed by atoms with Gasteiger partial charge in [0.15, 0.2) is 0 Å². The van der Waals surface area contributed by atoms with E-state index in [2.05, 4.69) is 15.2 Å². The minimum atomic E-state index is -2.97. The number of halogens is 4. The third kappa shape index (κ3) is 4.08. The molecule has 0 aliphatic carbocycles. The summed E-state index contributed by atoms with van der Waals surface area (Å²) in [4.78, 5) is 11.9. The van der Waals surface area contributed by atoms with E-state index in [1.54, 1.807) is 6.92 Å². The van der Waals surface area contributed by atoms with Crippen LogP contribution < -0.4 is 10.1 Å². The Labute approximate surface area is 134 Å². The van der Waals surface area contributed by atoms with Crippen LogP contribution in [0.5, 0.6) is 5.75 Å². The predicted octanol–water partition coefficient (Wildman–Crippen LogP) is 3.74. The Morgan fingerprint density at radius 2 is 2.14 bits per heavy atom. The number of amides is 1. The highest BCUT2D eigenvalue weighted by Crippen LogP contribution is 2.28. The molecular weight excluding hydrogens is 339 g/mol. The van der Waals surface area contributed by atoms with Crippen LogP contribution in [0.4, 0.5) is 14.5 Å². The van der Waals surface area contributed by atoms with E-state index in [0.29, 0.717) is 16.4 Å². The molecule has 1 amide bonds. The summed E-state index contributed by atoms with van der Waals surface area (Å²) in [5.41, 5.74) is 1.02. The van der Waals surface area contributed by atoms with Crippen LogP contribution in [0, 0.1) is 6.92 Å². The lowest BCUT2D eigenvalue weighted by molar-refractivity contribution is -0.116. The van der Waals surface area contributed by atoms with Gasteiger partial charge in [-0.1, -0.05) is 23.2 Å². The van der Waals surface area contributed by atoms with Gasteiger partial charge in [-0.05, 0) is 25.1 Å². The zero-order chi connectivity index (χ0) is 16.3. The number of nitrogens with one attached hydrogen (secondary N) is 1. The standard InChI is InChI=1S/C13H11Cl2F2N3O2/c1-7-10(15)5-18-20(7)6-12(21)19-8-2-3-11(9(14)4-8)22-13(16)17/h2-5,13H,6H2,1H3,(H,19,21). The van der Waals surface area contributed by atoms with Crippen LogP contribution in [0.1, 0.15) is 5.69 Å². The van der Waals surface area contributed by atoms with E-state index >= 15 is 0 Å². The Kier molecular flexibility index (Phi) is 5.20. The van der Waals surface area contributed by atoms with Crippen LogP contribution in [0.25, 0.3) is 0 Å². The molecule has 1 aromatic heterocycles. The molecule has 0 unspecified atom stereocenters. The van der Waals surface area contributed by atoms with Crippen LogP contribution in [-0.2, 0) is 11.3 Å². The maximum Gasteiger partial charge on any atom is 0.387 e. The van der Waals surface area contributed by atoms with Crippen molar-refractivity contribution in [3.05, 3.63) is 40.1 Å². The molecule has 0 radical (unpaired) electrons. The molecule has 1 heterocycles. The first-order valence-corrected chi connectivity index (χ1v) is 6.84. The smallest absolute Gasteiger partial charge is 0.387 e. The summed E-state index contributed by atoms with van der Waals surface area (Å²) in [6.45, 7) is -1.27. The molecule has 0 aliphatic heterocycles. The Morgan fingerprint density at radius 3 is 2.68 bits per heavy atom. The summed E-state index contributed by atoms with van der Waals surface area (Å²) in [7, 11) is 0. The second-order valence-corrected chi connectivity index (χ2v) is 5.12. The van der Waals surface area contributed by atoms with E-state index in [1.165, 1.54) is 29.1 Å². The lowest BCUT2D eigenvalue weighted by atomic mass is 10.3. The van der Waals surface area contributed by atoms with E-state index in [4.69, 9.17) is 23.2 Å². The summed E-state index contributed by atoms with van der Waals surface area (Å²) in [6, 6.07) is 3.98. The molecule has 5 nitrogen and oxygen atoms in total.